The molecule has 3 nitrogen and oxygen atoms in total. The predicted octanol–water partition coefficient (Wildman–Crippen LogP) is 8.67. The van der Waals surface area contributed by atoms with Crippen LogP contribution in [0, 0.1) is 0 Å². The van der Waals surface area contributed by atoms with Gasteiger partial charge < -0.3 is 10.1 Å². The van der Waals surface area contributed by atoms with Gasteiger partial charge in [0.05, 0.1) is 0 Å². The van der Waals surface area contributed by atoms with E-state index in [2.05, 4.69) is 4.98 Å². The molecule has 0 aliphatic heterocycles. The molecular weight excluding hydrogens is 513 g/mol. The van der Waals surface area contributed by atoms with Gasteiger partial charge in [0, 0.05) is 23.5 Å². The SMILES string of the molecule is C1CC[CH]([Sn]([CH]2CCCCC2)[CH]2CCCCC2)CC1.O=C(O)CCc1c[nH]c2ccccc12. The molecule has 2 N–H and O–H groups in total. The van der Waals surface area contributed by atoms with Crippen LogP contribution in [0.25, 0.3) is 10.9 Å². The molecule has 33 heavy (non-hydrogen) atoms. The van der Waals surface area contributed by atoms with Gasteiger partial charge in [-0.25, -0.2) is 0 Å². The maximum atomic E-state index is 10.4. The number of benzene rings is 1. The number of aromatic nitrogens is 1. The summed E-state index contributed by atoms with van der Waals surface area (Å²) in [6.45, 7) is 0. The smallest absolute Gasteiger partial charge is 0.303 e. The third-order valence-corrected chi connectivity index (χ3v) is 21.5. The minimum absolute atomic E-state index is 0.182. The number of H-pyrrole nitrogens is 1. The molecule has 1 radical (unpaired) electrons. The van der Waals surface area contributed by atoms with Crippen LogP contribution in [0.2, 0.25) is 11.8 Å². The molecule has 0 bridgehead atoms. The van der Waals surface area contributed by atoms with Crippen molar-refractivity contribution >= 4 is 36.6 Å². The number of para-hydroxylation sites is 1. The third kappa shape index (κ3) is 7.26. The first-order valence-corrected chi connectivity index (χ1v) is 18.8. The maximum absolute atomic E-state index is 10.4. The van der Waals surface area contributed by atoms with Gasteiger partial charge in [0.2, 0.25) is 0 Å². The number of rotatable bonds is 6. The van der Waals surface area contributed by atoms with Crippen molar-refractivity contribution in [3.05, 3.63) is 36.0 Å². The number of aromatic amines is 1. The first kappa shape index (κ1) is 25.1. The number of carbonyl (C=O) groups is 1. The summed E-state index contributed by atoms with van der Waals surface area (Å²) in [6, 6.07) is 7.91. The Morgan fingerprint density at radius 2 is 1.27 bits per heavy atom. The molecular formula is C29H44NO2Sn. The van der Waals surface area contributed by atoms with E-state index in [0.717, 1.165) is 16.5 Å². The minimum atomic E-state index is -1.15. The average molecular weight is 557 g/mol. The molecule has 0 atom stereocenters. The Kier molecular flexibility index (Phi) is 10.1. The van der Waals surface area contributed by atoms with E-state index in [-0.39, 0.29) is 6.42 Å². The summed E-state index contributed by atoms with van der Waals surface area (Å²) >= 11 is -1.15. The van der Waals surface area contributed by atoms with Crippen molar-refractivity contribution in [2.45, 2.75) is 121 Å². The quantitative estimate of drug-likeness (QED) is 0.349. The zero-order valence-electron chi connectivity index (χ0n) is 20.5. The Labute approximate surface area is 207 Å². The fourth-order valence-corrected chi connectivity index (χ4v) is 21.8. The van der Waals surface area contributed by atoms with Crippen LogP contribution in [0.1, 0.15) is 108 Å². The van der Waals surface area contributed by atoms with Crippen LogP contribution in [0.5, 0.6) is 0 Å². The van der Waals surface area contributed by atoms with E-state index in [1.165, 1.54) is 11.8 Å². The molecule has 1 aromatic carbocycles. The second kappa shape index (κ2) is 13.2. The topological polar surface area (TPSA) is 53.1 Å². The second-order valence-electron chi connectivity index (χ2n) is 10.8. The van der Waals surface area contributed by atoms with Gasteiger partial charge in [-0.05, 0) is 18.1 Å². The van der Waals surface area contributed by atoms with Gasteiger partial charge in [-0.15, -0.1) is 0 Å². The van der Waals surface area contributed by atoms with E-state index in [0.29, 0.717) is 6.42 Å². The Morgan fingerprint density at radius 3 is 1.76 bits per heavy atom. The largest absolute Gasteiger partial charge is 0.481 e. The molecule has 0 saturated heterocycles. The van der Waals surface area contributed by atoms with E-state index < -0.39 is 25.7 Å². The molecule has 181 valence electrons. The fraction of sp³-hybridized carbons (Fsp3) is 0.690. The van der Waals surface area contributed by atoms with Crippen molar-refractivity contribution in [3.8, 4) is 0 Å². The Balaban J connectivity index is 0.000000165. The molecule has 0 amide bonds. The standard InChI is InChI=1S/C11H11NO2.3C6H11.Sn/c13-11(14)6-5-8-7-12-10-4-2-1-3-9(8)10;3*1-2-4-6-5-3-1;/h1-4,7,12H,5-6H2,(H,13,14);3*1H,2-6H2;. The van der Waals surface area contributed by atoms with Gasteiger partial charge in [0.15, 0.2) is 0 Å². The molecule has 0 unspecified atom stereocenters. The molecule has 3 aliphatic carbocycles. The van der Waals surface area contributed by atoms with Crippen molar-refractivity contribution in [2.75, 3.05) is 0 Å². The molecule has 4 heteroatoms. The minimum Gasteiger partial charge on any atom is -0.481 e. The summed E-state index contributed by atoms with van der Waals surface area (Å²) in [5, 5.41) is 9.69. The van der Waals surface area contributed by atoms with Gasteiger partial charge in [-0.1, -0.05) is 18.2 Å². The van der Waals surface area contributed by atoms with Gasteiger partial charge in [0.25, 0.3) is 0 Å². The number of hydrogen-bond donors (Lipinski definition) is 2. The molecule has 1 aromatic heterocycles. The Hall–Kier alpha value is -0.971. The number of aliphatic carboxylic acids is 1. The van der Waals surface area contributed by atoms with Crippen LogP contribution in [0.15, 0.2) is 30.5 Å². The molecule has 2 aromatic rings. The predicted molar refractivity (Wildman–Crippen MR) is 141 cm³/mol. The maximum Gasteiger partial charge on any atom is 0.303 e. The zero-order valence-corrected chi connectivity index (χ0v) is 23.3. The van der Waals surface area contributed by atoms with Gasteiger partial charge in [-0.3, -0.25) is 4.79 Å². The van der Waals surface area contributed by atoms with E-state index in [1.807, 2.05) is 30.5 Å². The van der Waals surface area contributed by atoms with E-state index in [9.17, 15) is 4.79 Å². The number of aryl methyl sites for hydroxylation is 1. The van der Waals surface area contributed by atoms with Crippen molar-refractivity contribution in [3.63, 3.8) is 0 Å². The summed E-state index contributed by atoms with van der Waals surface area (Å²) in [5.41, 5.74) is 2.14. The molecule has 5 rings (SSSR count). The summed E-state index contributed by atoms with van der Waals surface area (Å²) in [4.78, 5) is 13.5. The number of carboxylic acid groups (broad SMARTS) is 1. The number of fused-ring (bicyclic) bond motifs is 1. The van der Waals surface area contributed by atoms with Crippen molar-refractivity contribution in [1.82, 2.24) is 4.98 Å². The van der Waals surface area contributed by atoms with Crippen LogP contribution in [0.4, 0.5) is 0 Å². The molecule has 1 heterocycles. The van der Waals surface area contributed by atoms with Crippen LogP contribution in [0.3, 0.4) is 0 Å². The fourth-order valence-electron chi connectivity index (χ4n) is 6.89. The first-order valence-electron chi connectivity index (χ1n) is 13.9. The van der Waals surface area contributed by atoms with E-state index in [1.54, 1.807) is 96.3 Å². The summed E-state index contributed by atoms with van der Waals surface area (Å²) in [6.07, 6.45) is 26.9. The summed E-state index contributed by atoms with van der Waals surface area (Å²) in [7, 11) is 0. The normalized spacial score (nSPS) is 21.1. The second-order valence-corrected chi connectivity index (χ2v) is 20.6. The van der Waals surface area contributed by atoms with Crippen LogP contribution < -0.4 is 0 Å². The van der Waals surface area contributed by atoms with Crippen molar-refractivity contribution in [2.24, 2.45) is 0 Å². The number of carboxylic acids is 1. The van der Waals surface area contributed by atoms with E-state index >= 15 is 0 Å². The third-order valence-electron chi connectivity index (χ3n) is 8.51. The zero-order chi connectivity index (χ0) is 22.9. The van der Waals surface area contributed by atoms with Crippen LogP contribution in [-0.2, 0) is 11.2 Å². The molecule has 0 spiro atoms. The Bertz CT molecular complexity index is 801. The van der Waals surface area contributed by atoms with Crippen LogP contribution in [-0.4, -0.2) is 35.8 Å². The molecule has 3 saturated carbocycles. The average Bonchev–Trinajstić information content (AvgIpc) is 3.29. The number of hydrogen-bond acceptors (Lipinski definition) is 1. The van der Waals surface area contributed by atoms with Gasteiger partial charge in [0.1, 0.15) is 0 Å². The molecule has 3 fully saturated rings. The summed E-state index contributed by atoms with van der Waals surface area (Å²) < 4.78 is 3.96. The van der Waals surface area contributed by atoms with Crippen molar-refractivity contribution in [1.29, 1.82) is 0 Å². The molecule has 3 aliphatic rings. The van der Waals surface area contributed by atoms with Crippen LogP contribution >= 0.6 is 0 Å². The number of nitrogens with one attached hydrogen (secondary N) is 1. The van der Waals surface area contributed by atoms with Gasteiger partial charge >= 0.3 is 134 Å². The van der Waals surface area contributed by atoms with E-state index in [4.69, 9.17) is 5.11 Å². The van der Waals surface area contributed by atoms with Crippen molar-refractivity contribution < 1.29 is 9.90 Å². The van der Waals surface area contributed by atoms with Gasteiger partial charge in [-0.2, -0.15) is 0 Å². The monoisotopic (exact) mass is 558 g/mol. The first-order chi connectivity index (χ1) is 16.2. The summed E-state index contributed by atoms with van der Waals surface area (Å²) in [5.74, 6) is -0.754. The Morgan fingerprint density at radius 1 is 0.788 bits per heavy atom.